The molecule has 70 valence electrons. The fourth-order valence-corrected chi connectivity index (χ4v) is 1.45. The molecule has 0 bridgehead atoms. The van der Waals surface area contributed by atoms with Crippen LogP contribution in [0.3, 0.4) is 0 Å². The zero-order chi connectivity index (χ0) is 9.80. The van der Waals surface area contributed by atoms with Crippen LogP contribution in [0.4, 0.5) is 0 Å². The molecule has 2 heteroatoms. The van der Waals surface area contributed by atoms with Crippen molar-refractivity contribution in [2.75, 3.05) is 0 Å². The zero-order valence-electron chi connectivity index (χ0n) is 7.81. The van der Waals surface area contributed by atoms with Crippen molar-refractivity contribution in [3.63, 3.8) is 0 Å². The van der Waals surface area contributed by atoms with Crippen molar-refractivity contribution in [2.24, 2.45) is 0 Å². The van der Waals surface area contributed by atoms with Gasteiger partial charge in [-0.2, -0.15) is 0 Å². The molecule has 0 aliphatic heterocycles. The molecule has 1 heterocycles. The van der Waals surface area contributed by atoms with E-state index in [-0.39, 0.29) is 0 Å². The van der Waals surface area contributed by atoms with Gasteiger partial charge in [0.05, 0.1) is 5.69 Å². The SMILES string of the molecule is O=Cc1ccc(C2=CCCC=C2)nc1. The van der Waals surface area contributed by atoms with Crippen molar-refractivity contribution < 1.29 is 4.79 Å². The topological polar surface area (TPSA) is 30.0 Å². The van der Waals surface area contributed by atoms with Crippen LogP contribution in [0.5, 0.6) is 0 Å². The molecule has 0 spiro atoms. The van der Waals surface area contributed by atoms with E-state index in [1.807, 2.05) is 6.07 Å². The first-order chi connectivity index (χ1) is 6.90. The number of allylic oxidation sites excluding steroid dienone is 4. The molecule has 0 saturated carbocycles. The van der Waals surface area contributed by atoms with E-state index in [0.29, 0.717) is 5.56 Å². The molecule has 1 aliphatic rings. The lowest BCUT2D eigenvalue weighted by atomic mass is 10.0. The van der Waals surface area contributed by atoms with Crippen LogP contribution in [0.2, 0.25) is 0 Å². The largest absolute Gasteiger partial charge is 0.298 e. The second-order valence-corrected chi connectivity index (χ2v) is 3.23. The number of aldehydes is 1. The molecule has 2 nitrogen and oxygen atoms in total. The van der Waals surface area contributed by atoms with Crippen LogP contribution in [0, 0.1) is 0 Å². The van der Waals surface area contributed by atoms with Crippen molar-refractivity contribution in [1.82, 2.24) is 4.98 Å². The van der Waals surface area contributed by atoms with Gasteiger partial charge in [-0.25, -0.2) is 0 Å². The maximum atomic E-state index is 10.4. The minimum atomic E-state index is 0.620. The van der Waals surface area contributed by atoms with Gasteiger partial charge >= 0.3 is 0 Å². The highest BCUT2D eigenvalue weighted by atomic mass is 16.1. The molecule has 0 N–H and O–H groups in total. The van der Waals surface area contributed by atoms with Gasteiger partial charge in [0.2, 0.25) is 0 Å². The number of rotatable bonds is 2. The summed E-state index contributed by atoms with van der Waals surface area (Å²) < 4.78 is 0. The molecule has 0 radical (unpaired) electrons. The summed E-state index contributed by atoms with van der Waals surface area (Å²) in [6.45, 7) is 0. The summed E-state index contributed by atoms with van der Waals surface area (Å²) in [6, 6.07) is 3.67. The van der Waals surface area contributed by atoms with E-state index in [0.717, 1.165) is 30.4 Å². The average molecular weight is 185 g/mol. The Morgan fingerprint density at radius 1 is 1.29 bits per heavy atom. The van der Waals surface area contributed by atoms with E-state index in [9.17, 15) is 4.79 Å². The smallest absolute Gasteiger partial charge is 0.151 e. The fourth-order valence-electron chi connectivity index (χ4n) is 1.45. The lowest BCUT2D eigenvalue weighted by molar-refractivity contribution is 0.112. The second-order valence-electron chi connectivity index (χ2n) is 3.23. The predicted octanol–water partition coefficient (Wildman–Crippen LogP) is 2.63. The van der Waals surface area contributed by atoms with Gasteiger partial charge in [0.25, 0.3) is 0 Å². The predicted molar refractivity (Wildman–Crippen MR) is 56.0 cm³/mol. The fraction of sp³-hybridized carbons (Fsp3) is 0.167. The van der Waals surface area contributed by atoms with Crippen molar-refractivity contribution in [1.29, 1.82) is 0 Å². The number of hydrogen-bond acceptors (Lipinski definition) is 2. The van der Waals surface area contributed by atoms with Gasteiger partial charge in [-0.05, 0) is 30.5 Å². The summed E-state index contributed by atoms with van der Waals surface area (Å²) in [5.74, 6) is 0. The molecule has 1 aliphatic carbocycles. The minimum Gasteiger partial charge on any atom is -0.298 e. The van der Waals surface area contributed by atoms with Gasteiger partial charge in [0.1, 0.15) is 0 Å². The van der Waals surface area contributed by atoms with E-state index in [1.165, 1.54) is 0 Å². The number of hydrogen-bond donors (Lipinski definition) is 0. The Labute approximate surface area is 83.0 Å². The summed E-state index contributed by atoms with van der Waals surface area (Å²) in [5, 5.41) is 0. The first-order valence-corrected chi connectivity index (χ1v) is 4.68. The first kappa shape index (κ1) is 8.88. The van der Waals surface area contributed by atoms with Gasteiger partial charge in [-0.15, -0.1) is 0 Å². The van der Waals surface area contributed by atoms with Crippen LogP contribution in [0.1, 0.15) is 28.9 Å². The molecule has 1 aromatic rings. The average Bonchev–Trinajstić information content (AvgIpc) is 2.30. The van der Waals surface area contributed by atoms with E-state index in [2.05, 4.69) is 23.2 Å². The molecule has 1 aromatic heterocycles. The van der Waals surface area contributed by atoms with Gasteiger partial charge in [-0.3, -0.25) is 9.78 Å². The van der Waals surface area contributed by atoms with Crippen LogP contribution >= 0.6 is 0 Å². The molecule has 2 rings (SSSR count). The number of nitrogens with zero attached hydrogens (tertiary/aromatic N) is 1. The van der Waals surface area contributed by atoms with Gasteiger partial charge < -0.3 is 0 Å². The molecule has 0 saturated heterocycles. The molecule has 0 amide bonds. The zero-order valence-corrected chi connectivity index (χ0v) is 7.81. The summed E-state index contributed by atoms with van der Waals surface area (Å²) in [7, 11) is 0. The Kier molecular flexibility index (Phi) is 2.54. The molecular weight excluding hydrogens is 174 g/mol. The maximum absolute atomic E-state index is 10.4. The summed E-state index contributed by atoms with van der Waals surface area (Å²) in [4.78, 5) is 14.6. The van der Waals surface area contributed by atoms with Gasteiger partial charge in [-0.1, -0.05) is 18.2 Å². The van der Waals surface area contributed by atoms with E-state index in [4.69, 9.17) is 0 Å². The molecule has 0 fully saturated rings. The maximum Gasteiger partial charge on any atom is 0.151 e. The Bertz CT molecular complexity index is 387. The highest BCUT2D eigenvalue weighted by molar-refractivity contribution is 5.77. The summed E-state index contributed by atoms with van der Waals surface area (Å²) >= 11 is 0. The van der Waals surface area contributed by atoms with Gasteiger partial charge in [0.15, 0.2) is 6.29 Å². The summed E-state index contributed by atoms with van der Waals surface area (Å²) in [5.41, 5.74) is 2.70. The number of aromatic nitrogens is 1. The molecule has 14 heavy (non-hydrogen) atoms. The van der Waals surface area contributed by atoms with Crippen molar-refractivity contribution in [3.8, 4) is 0 Å². The van der Waals surface area contributed by atoms with Crippen molar-refractivity contribution in [2.45, 2.75) is 12.8 Å². The third-order valence-corrected chi connectivity index (χ3v) is 2.21. The van der Waals surface area contributed by atoms with Crippen molar-refractivity contribution >= 4 is 11.9 Å². The molecule has 0 atom stereocenters. The Balaban J connectivity index is 2.28. The van der Waals surface area contributed by atoms with Crippen LogP contribution < -0.4 is 0 Å². The third-order valence-electron chi connectivity index (χ3n) is 2.21. The first-order valence-electron chi connectivity index (χ1n) is 4.68. The van der Waals surface area contributed by atoms with E-state index < -0.39 is 0 Å². The standard InChI is InChI=1S/C12H11NO/c14-9-10-6-7-12(13-8-10)11-4-2-1-3-5-11/h2,4-9H,1,3H2. The Morgan fingerprint density at radius 2 is 2.21 bits per heavy atom. The van der Waals surface area contributed by atoms with Crippen LogP contribution in [-0.4, -0.2) is 11.3 Å². The Hall–Kier alpha value is -1.70. The normalized spacial score (nSPS) is 15.0. The lowest BCUT2D eigenvalue weighted by Crippen LogP contribution is -1.91. The highest BCUT2D eigenvalue weighted by Crippen LogP contribution is 2.19. The third kappa shape index (κ3) is 1.79. The summed E-state index contributed by atoms with van der Waals surface area (Å²) in [6.07, 6.45) is 11.0. The number of carbonyl (C=O) groups is 1. The van der Waals surface area contributed by atoms with Crippen LogP contribution in [-0.2, 0) is 0 Å². The monoisotopic (exact) mass is 185 g/mol. The molecule has 0 aromatic carbocycles. The number of pyridine rings is 1. The quantitative estimate of drug-likeness (QED) is 0.663. The van der Waals surface area contributed by atoms with Crippen LogP contribution in [0.15, 0.2) is 36.6 Å². The lowest BCUT2D eigenvalue weighted by Gasteiger charge is -2.05. The molecule has 0 unspecified atom stereocenters. The Morgan fingerprint density at radius 3 is 2.79 bits per heavy atom. The van der Waals surface area contributed by atoms with Gasteiger partial charge in [0, 0.05) is 11.8 Å². The van der Waals surface area contributed by atoms with Crippen LogP contribution in [0.25, 0.3) is 5.57 Å². The highest BCUT2D eigenvalue weighted by Gasteiger charge is 2.01. The second kappa shape index (κ2) is 4.01. The minimum absolute atomic E-state index is 0.620. The molecular formula is C12H11NO. The number of carbonyl (C=O) groups excluding carboxylic acids is 1. The van der Waals surface area contributed by atoms with Crippen molar-refractivity contribution in [3.05, 3.63) is 47.8 Å². The van der Waals surface area contributed by atoms with E-state index in [1.54, 1.807) is 12.3 Å². The van der Waals surface area contributed by atoms with E-state index >= 15 is 0 Å².